The minimum absolute atomic E-state index is 0.0120. The zero-order valence-corrected chi connectivity index (χ0v) is 13.6. The molecule has 0 spiro atoms. The normalized spacial score (nSPS) is 11.9. The van der Waals surface area contributed by atoms with Crippen LogP contribution in [0.4, 0.5) is 0 Å². The van der Waals surface area contributed by atoms with E-state index in [9.17, 15) is 4.79 Å². The fourth-order valence-corrected chi connectivity index (χ4v) is 2.85. The minimum atomic E-state index is -0.0211. The monoisotopic (exact) mass is 316 g/mol. The molecule has 1 aromatic carbocycles. The van der Waals surface area contributed by atoms with Crippen LogP contribution in [0.3, 0.4) is 0 Å². The Morgan fingerprint density at radius 3 is 2.82 bits per heavy atom. The average Bonchev–Trinajstić information content (AvgIpc) is 2.87. The molecule has 1 N–H and O–H groups in total. The molecular formula is C16H20N4OS. The Morgan fingerprint density at radius 2 is 2.14 bits per heavy atom. The van der Waals surface area contributed by atoms with E-state index in [2.05, 4.69) is 22.1 Å². The summed E-state index contributed by atoms with van der Waals surface area (Å²) in [6.45, 7) is 8.22. The maximum atomic E-state index is 12.1. The molecule has 2 aromatic rings. The maximum Gasteiger partial charge on any atom is 0.230 e. The Bertz CT molecular complexity index is 639. The molecule has 1 atom stereocenters. The number of thioether (sulfide) groups is 1. The summed E-state index contributed by atoms with van der Waals surface area (Å²) >= 11 is 1.38. The van der Waals surface area contributed by atoms with Gasteiger partial charge in [-0.25, -0.2) is 0 Å². The molecule has 0 unspecified atom stereocenters. The SMILES string of the molecule is C=CCn1c(C)nnc1SCC(=O)N[C@@H](C)c1ccccc1. The second-order valence-electron chi connectivity index (χ2n) is 4.92. The molecule has 116 valence electrons. The van der Waals surface area contributed by atoms with Gasteiger partial charge in [0.05, 0.1) is 11.8 Å². The topological polar surface area (TPSA) is 59.8 Å². The molecule has 0 bridgehead atoms. The summed E-state index contributed by atoms with van der Waals surface area (Å²) in [5.74, 6) is 1.11. The summed E-state index contributed by atoms with van der Waals surface area (Å²) in [7, 11) is 0. The molecule has 22 heavy (non-hydrogen) atoms. The predicted molar refractivity (Wildman–Crippen MR) is 88.7 cm³/mol. The fourth-order valence-electron chi connectivity index (χ4n) is 2.05. The molecule has 0 radical (unpaired) electrons. The molecule has 0 aliphatic heterocycles. The molecule has 0 saturated carbocycles. The lowest BCUT2D eigenvalue weighted by Gasteiger charge is -2.14. The van der Waals surface area contributed by atoms with Crippen LogP contribution in [0.1, 0.15) is 24.4 Å². The first-order valence-electron chi connectivity index (χ1n) is 7.09. The van der Waals surface area contributed by atoms with Gasteiger partial charge in [0.15, 0.2) is 5.16 Å². The first-order chi connectivity index (χ1) is 10.6. The summed E-state index contributed by atoms with van der Waals surface area (Å²) in [4.78, 5) is 12.1. The average molecular weight is 316 g/mol. The number of hydrogen-bond donors (Lipinski definition) is 1. The van der Waals surface area contributed by atoms with Gasteiger partial charge in [-0.2, -0.15) is 0 Å². The number of nitrogens with one attached hydrogen (secondary N) is 1. The molecule has 0 aliphatic rings. The Balaban J connectivity index is 1.89. The predicted octanol–water partition coefficient (Wildman–Crippen LogP) is 2.74. The quantitative estimate of drug-likeness (QED) is 0.630. The van der Waals surface area contributed by atoms with Crippen molar-refractivity contribution in [2.75, 3.05) is 5.75 Å². The maximum absolute atomic E-state index is 12.1. The van der Waals surface area contributed by atoms with Crippen LogP contribution in [-0.2, 0) is 11.3 Å². The van der Waals surface area contributed by atoms with Crippen LogP contribution in [0.2, 0.25) is 0 Å². The number of rotatable bonds is 7. The van der Waals surface area contributed by atoms with Crippen LogP contribution in [0.15, 0.2) is 48.1 Å². The summed E-state index contributed by atoms with van der Waals surface area (Å²) < 4.78 is 1.94. The third-order valence-electron chi connectivity index (χ3n) is 3.22. The van der Waals surface area contributed by atoms with Gasteiger partial charge in [-0.05, 0) is 19.4 Å². The van der Waals surface area contributed by atoms with Crippen molar-refractivity contribution in [1.29, 1.82) is 0 Å². The number of aromatic nitrogens is 3. The van der Waals surface area contributed by atoms with Crippen LogP contribution < -0.4 is 5.32 Å². The van der Waals surface area contributed by atoms with Gasteiger partial charge in [0, 0.05) is 6.54 Å². The molecule has 1 heterocycles. The molecule has 5 nitrogen and oxygen atoms in total. The van der Waals surface area contributed by atoms with Gasteiger partial charge >= 0.3 is 0 Å². The number of nitrogens with zero attached hydrogens (tertiary/aromatic N) is 3. The molecule has 0 fully saturated rings. The Morgan fingerprint density at radius 1 is 1.41 bits per heavy atom. The number of hydrogen-bond acceptors (Lipinski definition) is 4. The van der Waals surface area contributed by atoms with Crippen molar-refractivity contribution in [2.24, 2.45) is 0 Å². The van der Waals surface area contributed by atoms with Crippen molar-refractivity contribution in [3.63, 3.8) is 0 Å². The van der Waals surface area contributed by atoms with Gasteiger partial charge in [-0.1, -0.05) is 48.2 Å². The molecule has 6 heteroatoms. The van der Waals surface area contributed by atoms with Crippen molar-refractivity contribution in [3.05, 3.63) is 54.4 Å². The lowest BCUT2D eigenvalue weighted by Crippen LogP contribution is -2.28. The first kappa shape index (κ1) is 16.3. The number of amides is 1. The van der Waals surface area contributed by atoms with Crippen molar-refractivity contribution in [2.45, 2.75) is 31.6 Å². The molecule has 1 amide bonds. The van der Waals surface area contributed by atoms with Crippen molar-refractivity contribution in [3.8, 4) is 0 Å². The van der Waals surface area contributed by atoms with Gasteiger partial charge in [0.2, 0.25) is 5.91 Å². The smallest absolute Gasteiger partial charge is 0.230 e. The van der Waals surface area contributed by atoms with Gasteiger partial charge < -0.3 is 9.88 Å². The third-order valence-corrected chi connectivity index (χ3v) is 4.19. The van der Waals surface area contributed by atoms with Gasteiger partial charge in [0.1, 0.15) is 5.82 Å². The highest BCUT2D eigenvalue weighted by Crippen LogP contribution is 2.17. The van der Waals surface area contributed by atoms with Crippen LogP contribution in [0.25, 0.3) is 0 Å². The van der Waals surface area contributed by atoms with E-state index in [-0.39, 0.29) is 11.9 Å². The van der Waals surface area contributed by atoms with E-state index in [1.165, 1.54) is 11.8 Å². The summed E-state index contributed by atoms with van der Waals surface area (Å²) in [5.41, 5.74) is 1.09. The molecule has 2 rings (SSSR count). The number of aryl methyl sites for hydroxylation is 1. The second kappa shape index (κ2) is 7.79. The second-order valence-corrected chi connectivity index (χ2v) is 5.86. The largest absolute Gasteiger partial charge is 0.349 e. The lowest BCUT2D eigenvalue weighted by molar-refractivity contribution is -0.119. The number of carbonyl (C=O) groups excluding carboxylic acids is 1. The van der Waals surface area contributed by atoms with E-state index >= 15 is 0 Å². The van der Waals surface area contributed by atoms with E-state index in [1.807, 2.05) is 48.7 Å². The molecule has 0 saturated heterocycles. The van der Waals surface area contributed by atoms with Gasteiger partial charge in [0.25, 0.3) is 0 Å². The lowest BCUT2D eigenvalue weighted by atomic mass is 10.1. The molecular weight excluding hydrogens is 296 g/mol. The minimum Gasteiger partial charge on any atom is -0.349 e. The van der Waals surface area contributed by atoms with Crippen LogP contribution >= 0.6 is 11.8 Å². The number of allylic oxidation sites excluding steroid dienone is 1. The van der Waals surface area contributed by atoms with Crippen molar-refractivity contribution in [1.82, 2.24) is 20.1 Å². The Labute approximate surface area is 134 Å². The molecule has 0 aliphatic carbocycles. The van der Waals surface area contributed by atoms with Gasteiger partial charge in [-0.3, -0.25) is 4.79 Å². The van der Waals surface area contributed by atoms with Crippen LogP contribution in [0, 0.1) is 6.92 Å². The fraction of sp³-hybridized carbons (Fsp3) is 0.312. The van der Waals surface area contributed by atoms with E-state index in [4.69, 9.17) is 0 Å². The van der Waals surface area contributed by atoms with E-state index in [0.29, 0.717) is 12.3 Å². The van der Waals surface area contributed by atoms with E-state index in [0.717, 1.165) is 16.5 Å². The third kappa shape index (κ3) is 4.21. The zero-order valence-electron chi connectivity index (χ0n) is 12.8. The van der Waals surface area contributed by atoms with Crippen molar-refractivity contribution < 1.29 is 4.79 Å². The highest BCUT2D eigenvalue weighted by atomic mass is 32.2. The van der Waals surface area contributed by atoms with Crippen molar-refractivity contribution >= 4 is 17.7 Å². The first-order valence-corrected chi connectivity index (χ1v) is 8.08. The molecule has 1 aromatic heterocycles. The highest BCUT2D eigenvalue weighted by Gasteiger charge is 2.13. The van der Waals surface area contributed by atoms with E-state index in [1.54, 1.807) is 6.08 Å². The Hall–Kier alpha value is -2.08. The number of benzene rings is 1. The zero-order chi connectivity index (χ0) is 15.9. The van der Waals surface area contributed by atoms with Crippen LogP contribution in [0.5, 0.6) is 0 Å². The standard InChI is InChI=1S/C16H20N4OS/c1-4-10-20-13(3)18-19-16(20)22-11-15(21)17-12(2)14-8-6-5-7-9-14/h4-9,12H,1,10-11H2,2-3H3,(H,17,21)/t12-/m0/s1. The van der Waals surface area contributed by atoms with E-state index < -0.39 is 0 Å². The Kier molecular flexibility index (Phi) is 5.77. The van der Waals surface area contributed by atoms with Crippen LogP contribution in [-0.4, -0.2) is 26.4 Å². The summed E-state index contributed by atoms with van der Waals surface area (Å²) in [6.07, 6.45) is 1.79. The summed E-state index contributed by atoms with van der Waals surface area (Å²) in [5, 5.41) is 11.8. The summed E-state index contributed by atoms with van der Waals surface area (Å²) in [6, 6.07) is 9.88. The van der Waals surface area contributed by atoms with Gasteiger partial charge in [-0.15, -0.1) is 16.8 Å². The highest BCUT2D eigenvalue weighted by molar-refractivity contribution is 7.99. The number of carbonyl (C=O) groups is 1.